The molecule has 0 aliphatic heterocycles. The van der Waals surface area contributed by atoms with Crippen molar-refractivity contribution in [2.45, 2.75) is 39.2 Å². The first kappa shape index (κ1) is 17.3. The van der Waals surface area contributed by atoms with Crippen molar-refractivity contribution in [2.24, 2.45) is 0 Å². The van der Waals surface area contributed by atoms with Gasteiger partial charge in [0.2, 0.25) is 0 Å². The SMILES string of the molecule is Cc1cc(CS(=O)(=O)Cc2cc(C)c(O)c(C)c2)cc(C)c1O. The van der Waals surface area contributed by atoms with Crippen LogP contribution in [0.2, 0.25) is 0 Å². The van der Waals surface area contributed by atoms with E-state index < -0.39 is 9.84 Å². The molecule has 4 nitrogen and oxygen atoms in total. The summed E-state index contributed by atoms with van der Waals surface area (Å²) in [7, 11) is -3.34. The van der Waals surface area contributed by atoms with E-state index in [9.17, 15) is 18.6 Å². The summed E-state index contributed by atoms with van der Waals surface area (Å²) in [5.74, 6) is 0.258. The number of phenolic OH excluding ortho intramolecular Hbond substituents is 2. The average Bonchev–Trinajstić information content (AvgIpc) is 2.41. The van der Waals surface area contributed by atoms with Gasteiger partial charge in [0, 0.05) is 0 Å². The van der Waals surface area contributed by atoms with Crippen LogP contribution in [-0.2, 0) is 21.3 Å². The minimum atomic E-state index is -3.34. The summed E-state index contributed by atoms with van der Waals surface area (Å²) in [5.41, 5.74) is 4.03. The molecule has 2 aromatic rings. The van der Waals surface area contributed by atoms with Crippen LogP contribution in [0.1, 0.15) is 33.4 Å². The van der Waals surface area contributed by atoms with Crippen LogP contribution in [0.4, 0.5) is 0 Å². The van der Waals surface area contributed by atoms with Crippen LogP contribution in [0.25, 0.3) is 0 Å². The minimum absolute atomic E-state index is 0.0755. The van der Waals surface area contributed by atoms with Gasteiger partial charge in [-0.2, -0.15) is 0 Å². The van der Waals surface area contributed by atoms with Crippen LogP contribution in [0, 0.1) is 27.7 Å². The number of rotatable bonds is 4. The third-order valence-corrected chi connectivity index (χ3v) is 5.42. The summed E-state index contributed by atoms with van der Waals surface area (Å²) in [6, 6.07) is 6.81. The summed E-state index contributed by atoms with van der Waals surface area (Å²) in [5, 5.41) is 19.6. The lowest BCUT2D eigenvalue weighted by atomic mass is 10.1. The summed E-state index contributed by atoms with van der Waals surface area (Å²) in [4.78, 5) is 0. The van der Waals surface area contributed by atoms with Gasteiger partial charge in [0.05, 0.1) is 11.5 Å². The lowest BCUT2D eigenvalue weighted by Crippen LogP contribution is -2.08. The first-order chi connectivity index (χ1) is 10.6. The van der Waals surface area contributed by atoms with Gasteiger partial charge in [-0.25, -0.2) is 8.42 Å². The molecular weight excluding hydrogens is 312 g/mol. The predicted octanol–water partition coefficient (Wildman–Crippen LogP) is 3.45. The molecule has 0 bridgehead atoms. The Bertz CT molecular complexity index is 740. The summed E-state index contributed by atoms with van der Waals surface area (Å²) in [6.45, 7) is 7.02. The number of aromatic hydroxyl groups is 2. The maximum absolute atomic E-state index is 12.5. The predicted molar refractivity (Wildman–Crippen MR) is 91.5 cm³/mol. The highest BCUT2D eigenvalue weighted by atomic mass is 32.2. The maximum Gasteiger partial charge on any atom is 0.158 e. The van der Waals surface area contributed by atoms with Crippen LogP contribution >= 0.6 is 0 Å². The number of hydrogen-bond acceptors (Lipinski definition) is 4. The monoisotopic (exact) mass is 334 g/mol. The highest BCUT2D eigenvalue weighted by Gasteiger charge is 2.16. The van der Waals surface area contributed by atoms with Gasteiger partial charge in [-0.1, -0.05) is 24.3 Å². The molecule has 2 N–H and O–H groups in total. The largest absolute Gasteiger partial charge is 0.507 e. The molecule has 0 atom stereocenters. The van der Waals surface area contributed by atoms with Crippen molar-refractivity contribution in [3.63, 3.8) is 0 Å². The fourth-order valence-corrected chi connectivity index (χ4v) is 4.27. The highest BCUT2D eigenvalue weighted by molar-refractivity contribution is 7.89. The number of phenols is 2. The Morgan fingerprint density at radius 3 is 1.22 bits per heavy atom. The van der Waals surface area contributed by atoms with Gasteiger partial charge in [-0.15, -0.1) is 0 Å². The summed E-state index contributed by atoms with van der Waals surface area (Å²) >= 11 is 0. The topological polar surface area (TPSA) is 74.6 Å². The van der Waals surface area contributed by atoms with E-state index in [1.807, 2.05) is 0 Å². The molecule has 0 unspecified atom stereocenters. The van der Waals surface area contributed by atoms with Crippen molar-refractivity contribution in [1.82, 2.24) is 0 Å². The fourth-order valence-electron chi connectivity index (χ4n) is 2.82. The van der Waals surface area contributed by atoms with E-state index in [1.54, 1.807) is 52.0 Å². The van der Waals surface area contributed by atoms with Crippen molar-refractivity contribution < 1.29 is 18.6 Å². The van der Waals surface area contributed by atoms with E-state index in [-0.39, 0.29) is 23.0 Å². The van der Waals surface area contributed by atoms with Gasteiger partial charge in [-0.05, 0) is 61.1 Å². The third-order valence-electron chi connectivity index (χ3n) is 3.87. The smallest absolute Gasteiger partial charge is 0.158 e. The Morgan fingerprint density at radius 2 is 0.957 bits per heavy atom. The van der Waals surface area contributed by atoms with Crippen molar-refractivity contribution in [1.29, 1.82) is 0 Å². The van der Waals surface area contributed by atoms with Crippen LogP contribution < -0.4 is 0 Å². The normalized spacial score (nSPS) is 11.7. The second-order valence-electron chi connectivity index (χ2n) is 6.19. The Labute approximate surface area is 137 Å². The molecule has 0 radical (unpaired) electrons. The molecule has 2 rings (SSSR count). The van der Waals surface area contributed by atoms with Gasteiger partial charge in [0.15, 0.2) is 9.84 Å². The molecule has 0 fully saturated rings. The van der Waals surface area contributed by atoms with Crippen molar-refractivity contribution >= 4 is 9.84 Å². The van der Waals surface area contributed by atoms with E-state index >= 15 is 0 Å². The second kappa shape index (κ2) is 6.24. The molecule has 0 aliphatic rings. The van der Waals surface area contributed by atoms with E-state index in [4.69, 9.17) is 0 Å². The Hall–Kier alpha value is -2.01. The van der Waals surface area contributed by atoms with E-state index in [0.717, 1.165) is 0 Å². The average molecular weight is 334 g/mol. The molecule has 124 valence electrons. The summed E-state index contributed by atoms with van der Waals surface area (Å²) < 4.78 is 24.9. The maximum atomic E-state index is 12.5. The Kier molecular flexibility index (Phi) is 4.71. The van der Waals surface area contributed by atoms with Gasteiger partial charge in [0.25, 0.3) is 0 Å². The molecule has 0 saturated heterocycles. The van der Waals surface area contributed by atoms with Crippen LogP contribution in [-0.4, -0.2) is 18.6 Å². The Morgan fingerprint density at radius 1 is 0.696 bits per heavy atom. The molecule has 23 heavy (non-hydrogen) atoms. The molecule has 2 aromatic carbocycles. The van der Waals surface area contributed by atoms with Gasteiger partial charge >= 0.3 is 0 Å². The first-order valence-corrected chi connectivity index (χ1v) is 9.20. The van der Waals surface area contributed by atoms with Gasteiger partial charge < -0.3 is 10.2 Å². The van der Waals surface area contributed by atoms with Crippen LogP contribution in [0.3, 0.4) is 0 Å². The van der Waals surface area contributed by atoms with Gasteiger partial charge in [-0.3, -0.25) is 0 Å². The third kappa shape index (κ3) is 4.05. The number of aryl methyl sites for hydroxylation is 4. The van der Waals surface area contributed by atoms with Crippen molar-refractivity contribution in [2.75, 3.05) is 0 Å². The highest BCUT2D eigenvalue weighted by Crippen LogP contribution is 2.26. The zero-order valence-electron chi connectivity index (χ0n) is 13.8. The van der Waals surface area contributed by atoms with E-state index in [0.29, 0.717) is 33.4 Å². The van der Waals surface area contributed by atoms with E-state index in [1.165, 1.54) is 0 Å². The Balaban J connectivity index is 2.26. The molecule has 5 heteroatoms. The first-order valence-electron chi connectivity index (χ1n) is 7.37. The molecule has 0 aromatic heterocycles. The number of sulfone groups is 1. The molecule has 0 heterocycles. The molecule has 0 amide bonds. The lowest BCUT2D eigenvalue weighted by Gasteiger charge is -2.11. The van der Waals surface area contributed by atoms with Crippen molar-refractivity contribution in [3.8, 4) is 11.5 Å². The molecular formula is C18H22O4S. The zero-order chi connectivity index (χ0) is 17.4. The minimum Gasteiger partial charge on any atom is -0.507 e. The van der Waals surface area contributed by atoms with Gasteiger partial charge in [0.1, 0.15) is 11.5 Å². The van der Waals surface area contributed by atoms with Crippen LogP contribution in [0.5, 0.6) is 11.5 Å². The fraction of sp³-hybridized carbons (Fsp3) is 0.333. The number of benzene rings is 2. The van der Waals surface area contributed by atoms with Crippen LogP contribution in [0.15, 0.2) is 24.3 Å². The molecule has 0 aliphatic carbocycles. The second-order valence-corrected chi connectivity index (χ2v) is 8.25. The van der Waals surface area contributed by atoms with Crippen molar-refractivity contribution in [3.05, 3.63) is 57.6 Å². The molecule has 0 saturated carbocycles. The van der Waals surface area contributed by atoms with E-state index in [2.05, 4.69) is 0 Å². The number of hydrogen-bond donors (Lipinski definition) is 2. The quantitative estimate of drug-likeness (QED) is 0.898. The molecule has 0 spiro atoms. The lowest BCUT2D eigenvalue weighted by molar-refractivity contribution is 0.466. The zero-order valence-corrected chi connectivity index (χ0v) is 14.7. The summed E-state index contributed by atoms with van der Waals surface area (Å²) in [6.07, 6.45) is 0. The standard InChI is InChI=1S/C18H22O4S/c1-11-5-15(6-12(2)17(11)19)9-23(21,22)10-16-7-13(3)18(20)14(4)8-16/h5-8,19-20H,9-10H2,1-4H3.